The summed E-state index contributed by atoms with van der Waals surface area (Å²) in [5.74, 6) is 1.01. The monoisotopic (exact) mass is 232 g/mol. The first-order chi connectivity index (χ1) is 7.83. The molecule has 1 aromatic carbocycles. The second-order valence-electron chi connectivity index (χ2n) is 3.54. The highest BCUT2D eigenvalue weighted by Crippen LogP contribution is 2.17. The van der Waals surface area contributed by atoms with Crippen LogP contribution in [0.3, 0.4) is 0 Å². The summed E-state index contributed by atoms with van der Waals surface area (Å²) in [6, 6.07) is 10.3. The zero-order chi connectivity index (χ0) is 11.4. The summed E-state index contributed by atoms with van der Waals surface area (Å²) in [7, 11) is 0. The van der Waals surface area contributed by atoms with E-state index >= 15 is 0 Å². The highest BCUT2D eigenvalue weighted by atomic mass is 35.5. The van der Waals surface area contributed by atoms with Crippen molar-refractivity contribution in [1.82, 2.24) is 9.97 Å². The Morgan fingerprint density at radius 3 is 2.50 bits per heavy atom. The van der Waals surface area contributed by atoms with E-state index in [-0.39, 0.29) is 0 Å². The van der Waals surface area contributed by atoms with Crippen LogP contribution in [-0.4, -0.2) is 9.97 Å². The molecule has 0 bridgehead atoms. The number of hydrogen-bond acceptors (Lipinski definition) is 2. The van der Waals surface area contributed by atoms with Gasteiger partial charge >= 0.3 is 0 Å². The van der Waals surface area contributed by atoms with Crippen molar-refractivity contribution < 1.29 is 0 Å². The van der Waals surface area contributed by atoms with Gasteiger partial charge in [0.2, 0.25) is 0 Å². The van der Waals surface area contributed by atoms with Crippen LogP contribution in [0, 0.1) is 0 Å². The molecule has 0 spiro atoms. The fourth-order valence-electron chi connectivity index (χ4n) is 1.54. The zero-order valence-electron chi connectivity index (χ0n) is 9.15. The minimum absolute atomic E-state index is 0.348. The molecule has 16 heavy (non-hydrogen) atoms. The molecule has 2 nitrogen and oxygen atoms in total. The summed E-state index contributed by atoms with van der Waals surface area (Å²) < 4.78 is 0. The van der Waals surface area contributed by atoms with Crippen LogP contribution in [0.2, 0.25) is 0 Å². The van der Waals surface area contributed by atoms with E-state index in [2.05, 4.69) is 41.2 Å². The van der Waals surface area contributed by atoms with E-state index in [9.17, 15) is 0 Å². The lowest BCUT2D eigenvalue weighted by Crippen LogP contribution is -1.93. The highest BCUT2D eigenvalue weighted by Gasteiger charge is 2.01. The van der Waals surface area contributed by atoms with Gasteiger partial charge < -0.3 is 0 Å². The predicted octanol–water partition coefficient (Wildman–Crippen LogP) is 3.44. The Balaban J connectivity index is 2.34. The van der Waals surface area contributed by atoms with Crippen molar-refractivity contribution in [3.05, 3.63) is 47.9 Å². The lowest BCUT2D eigenvalue weighted by atomic mass is 10.1. The van der Waals surface area contributed by atoms with Gasteiger partial charge in [-0.25, -0.2) is 9.97 Å². The lowest BCUT2D eigenvalue weighted by molar-refractivity contribution is 1.03. The molecule has 0 unspecified atom stereocenters. The molecule has 0 atom stereocenters. The first kappa shape index (κ1) is 11.1. The van der Waals surface area contributed by atoms with Gasteiger partial charge in [0.1, 0.15) is 5.82 Å². The zero-order valence-corrected chi connectivity index (χ0v) is 9.91. The van der Waals surface area contributed by atoms with Crippen molar-refractivity contribution in [2.24, 2.45) is 0 Å². The Morgan fingerprint density at radius 2 is 1.88 bits per heavy atom. The number of nitrogens with zero attached hydrogens (tertiary/aromatic N) is 2. The molecule has 0 amide bonds. The molecule has 82 valence electrons. The van der Waals surface area contributed by atoms with Gasteiger partial charge in [-0.1, -0.05) is 31.2 Å². The molecular formula is C13H13ClN2. The molecule has 1 aromatic heterocycles. The van der Waals surface area contributed by atoms with Crippen LogP contribution in [0.4, 0.5) is 0 Å². The van der Waals surface area contributed by atoms with Crippen molar-refractivity contribution in [3.8, 4) is 11.3 Å². The van der Waals surface area contributed by atoms with Gasteiger partial charge in [0.25, 0.3) is 0 Å². The molecular weight excluding hydrogens is 220 g/mol. The van der Waals surface area contributed by atoms with Gasteiger partial charge in [0.05, 0.1) is 11.6 Å². The molecule has 2 aromatic rings. The molecule has 0 aliphatic heterocycles. The van der Waals surface area contributed by atoms with Crippen LogP contribution >= 0.6 is 11.6 Å². The fourth-order valence-corrected chi connectivity index (χ4v) is 1.66. The highest BCUT2D eigenvalue weighted by molar-refractivity contribution is 6.16. The van der Waals surface area contributed by atoms with E-state index in [1.54, 1.807) is 6.20 Å². The van der Waals surface area contributed by atoms with Gasteiger partial charge in [0, 0.05) is 11.8 Å². The van der Waals surface area contributed by atoms with E-state index in [0.717, 1.165) is 17.7 Å². The Bertz CT molecular complexity index is 466. The third kappa shape index (κ3) is 2.39. The van der Waals surface area contributed by atoms with Crippen molar-refractivity contribution in [3.63, 3.8) is 0 Å². The van der Waals surface area contributed by atoms with Crippen LogP contribution in [0.5, 0.6) is 0 Å². The third-order valence-electron chi connectivity index (χ3n) is 2.48. The Kier molecular flexibility index (Phi) is 3.52. The average Bonchev–Trinajstić information content (AvgIpc) is 2.39. The Hall–Kier alpha value is -1.41. The van der Waals surface area contributed by atoms with Gasteiger partial charge in [-0.3, -0.25) is 0 Å². The van der Waals surface area contributed by atoms with E-state index in [4.69, 9.17) is 11.6 Å². The van der Waals surface area contributed by atoms with E-state index in [1.165, 1.54) is 5.56 Å². The molecule has 0 saturated carbocycles. The number of aromatic nitrogens is 2. The smallest absolute Gasteiger partial charge is 0.143 e. The van der Waals surface area contributed by atoms with Gasteiger partial charge in [-0.15, -0.1) is 11.6 Å². The maximum Gasteiger partial charge on any atom is 0.143 e. The third-order valence-corrected chi connectivity index (χ3v) is 2.72. The molecule has 0 fully saturated rings. The van der Waals surface area contributed by atoms with E-state index in [1.807, 2.05) is 6.07 Å². The SMILES string of the molecule is CCc1ccc(-c2ccnc(CCl)n2)cc1. The van der Waals surface area contributed by atoms with Crippen LogP contribution in [-0.2, 0) is 12.3 Å². The number of rotatable bonds is 3. The van der Waals surface area contributed by atoms with E-state index in [0.29, 0.717) is 11.7 Å². The van der Waals surface area contributed by atoms with Crippen molar-refractivity contribution in [1.29, 1.82) is 0 Å². The van der Waals surface area contributed by atoms with Crippen molar-refractivity contribution >= 4 is 11.6 Å². The largest absolute Gasteiger partial charge is 0.240 e. The molecule has 0 radical (unpaired) electrons. The van der Waals surface area contributed by atoms with Crippen LogP contribution in [0.15, 0.2) is 36.5 Å². The Morgan fingerprint density at radius 1 is 1.12 bits per heavy atom. The number of alkyl halides is 1. The predicted molar refractivity (Wildman–Crippen MR) is 66.4 cm³/mol. The van der Waals surface area contributed by atoms with Crippen LogP contribution in [0.25, 0.3) is 11.3 Å². The van der Waals surface area contributed by atoms with Crippen molar-refractivity contribution in [2.75, 3.05) is 0 Å². The Labute approximate surface area is 100 Å². The first-order valence-corrected chi connectivity index (χ1v) is 5.84. The van der Waals surface area contributed by atoms with Crippen LogP contribution < -0.4 is 0 Å². The first-order valence-electron chi connectivity index (χ1n) is 5.30. The maximum atomic E-state index is 5.71. The summed E-state index contributed by atoms with van der Waals surface area (Å²) in [6.45, 7) is 2.14. The number of benzene rings is 1. The average molecular weight is 233 g/mol. The van der Waals surface area contributed by atoms with Gasteiger partial charge in [0.15, 0.2) is 0 Å². The van der Waals surface area contributed by atoms with Crippen molar-refractivity contribution in [2.45, 2.75) is 19.2 Å². The van der Waals surface area contributed by atoms with Crippen LogP contribution in [0.1, 0.15) is 18.3 Å². The summed E-state index contributed by atoms with van der Waals surface area (Å²) in [5, 5.41) is 0. The minimum atomic E-state index is 0.348. The molecule has 2 rings (SSSR count). The lowest BCUT2D eigenvalue weighted by Gasteiger charge is -2.03. The van der Waals surface area contributed by atoms with Gasteiger partial charge in [-0.05, 0) is 18.1 Å². The normalized spacial score (nSPS) is 10.4. The fraction of sp³-hybridized carbons (Fsp3) is 0.231. The number of halogens is 1. The number of hydrogen-bond donors (Lipinski definition) is 0. The summed E-state index contributed by atoms with van der Waals surface area (Å²) in [6.07, 6.45) is 2.80. The van der Waals surface area contributed by atoms with Gasteiger partial charge in [-0.2, -0.15) is 0 Å². The standard InChI is InChI=1S/C13H13ClN2/c1-2-10-3-5-11(6-4-10)12-7-8-15-13(9-14)16-12/h3-8H,2,9H2,1H3. The minimum Gasteiger partial charge on any atom is -0.240 e. The quantitative estimate of drug-likeness (QED) is 0.758. The molecule has 0 aliphatic rings. The maximum absolute atomic E-state index is 5.71. The summed E-state index contributed by atoms with van der Waals surface area (Å²) in [4.78, 5) is 8.45. The van der Waals surface area contributed by atoms with E-state index < -0.39 is 0 Å². The molecule has 0 saturated heterocycles. The second-order valence-corrected chi connectivity index (χ2v) is 3.81. The summed E-state index contributed by atoms with van der Waals surface area (Å²) in [5.41, 5.74) is 3.36. The molecule has 0 N–H and O–H groups in total. The second kappa shape index (κ2) is 5.08. The summed E-state index contributed by atoms with van der Waals surface area (Å²) >= 11 is 5.71. The molecule has 1 heterocycles. The topological polar surface area (TPSA) is 25.8 Å². The number of aryl methyl sites for hydroxylation is 1. The molecule has 0 aliphatic carbocycles. The molecule has 3 heteroatoms.